The minimum Gasteiger partial charge on any atom is -0.439 e. The van der Waals surface area contributed by atoms with Crippen LogP contribution in [0.15, 0.2) is 39.9 Å². The van der Waals surface area contributed by atoms with Crippen LogP contribution >= 0.6 is 0 Å². The molecule has 2 aromatic rings. The molecule has 2 fully saturated rings. The number of guanidine groups is 1. The third-order valence-electron chi connectivity index (χ3n) is 5.92. The highest BCUT2D eigenvalue weighted by Crippen LogP contribution is 2.27. The molecule has 0 spiro atoms. The maximum Gasteiger partial charge on any atom is 0.223 e. The Morgan fingerprint density at radius 1 is 1.13 bits per heavy atom. The van der Waals surface area contributed by atoms with Gasteiger partial charge in [0.2, 0.25) is 11.8 Å². The fraction of sp³-hybridized carbons (Fsp3) is 0.542. The fourth-order valence-corrected chi connectivity index (χ4v) is 4.00. The van der Waals surface area contributed by atoms with Crippen LogP contribution in [0.25, 0.3) is 11.3 Å². The van der Waals surface area contributed by atoms with Crippen LogP contribution in [0.5, 0.6) is 0 Å². The van der Waals surface area contributed by atoms with Crippen LogP contribution < -0.4 is 16.0 Å². The topological polar surface area (TPSA) is 91.6 Å². The summed E-state index contributed by atoms with van der Waals surface area (Å²) in [6.45, 7) is 5.24. The fourth-order valence-electron chi connectivity index (χ4n) is 4.00. The molecule has 0 bridgehead atoms. The average Bonchev–Trinajstić information content (AvgIpc) is 3.46. The zero-order chi connectivity index (χ0) is 21.6. The molecular weight excluding hydrogens is 390 g/mol. The number of benzene rings is 1. The summed E-state index contributed by atoms with van der Waals surface area (Å²) in [5.41, 5.74) is 2.22. The normalized spacial score (nSPS) is 21.5. The lowest BCUT2D eigenvalue weighted by Gasteiger charge is -2.30. The standard InChI is InChI=1S/C24H33N5O2/c1-3-25-24(29-20-6-4-5-18(13-20)23(30)28-19-11-12-19)27-15-22-26-14-21(31-22)17-9-7-16(2)8-10-17/h7-10,14,18-20H,3-6,11-13,15H2,1-2H3,(H,28,30)(H2,25,27,29). The molecule has 2 atom stereocenters. The molecule has 1 amide bonds. The minimum atomic E-state index is 0.0959. The number of hydrogen-bond acceptors (Lipinski definition) is 4. The molecule has 1 heterocycles. The maximum atomic E-state index is 12.4. The van der Waals surface area contributed by atoms with Crippen LogP contribution in [0.1, 0.15) is 56.9 Å². The number of rotatable bonds is 7. The molecule has 1 aromatic heterocycles. The minimum absolute atomic E-state index is 0.0959. The van der Waals surface area contributed by atoms with E-state index in [0.29, 0.717) is 18.5 Å². The monoisotopic (exact) mass is 423 g/mol. The van der Waals surface area contributed by atoms with Gasteiger partial charge in [-0.05, 0) is 46.0 Å². The first-order chi connectivity index (χ1) is 15.1. The lowest BCUT2D eigenvalue weighted by molar-refractivity contribution is -0.126. The first kappa shape index (κ1) is 21.4. The predicted octanol–water partition coefficient (Wildman–Crippen LogP) is 3.54. The van der Waals surface area contributed by atoms with Gasteiger partial charge >= 0.3 is 0 Å². The maximum absolute atomic E-state index is 12.4. The van der Waals surface area contributed by atoms with Crippen molar-refractivity contribution in [3.05, 3.63) is 41.9 Å². The van der Waals surface area contributed by atoms with Crippen molar-refractivity contribution in [1.29, 1.82) is 0 Å². The second-order valence-corrected chi connectivity index (χ2v) is 8.67. The van der Waals surface area contributed by atoms with E-state index in [4.69, 9.17) is 4.42 Å². The van der Waals surface area contributed by atoms with Gasteiger partial charge in [0, 0.05) is 30.1 Å². The van der Waals surface area contributed by atoms with E-state index in [1.165, 1.54) is 5.56 Å². The van der Waals surface area contributed by atoms with Crippen LogP contribution in [0.2, 0.25) is 0 Å². The molecule has 0 aliphatic heterocycles. The van der Waals surface area contributed by atoms with Gasteiger partial charge in [-0.2, -0.15) is 0 Å². The van der Waals surface area contributed by atoms with E-state index in [1.54, 1.807) is 6.20 Å². The molecule has 2 saturated carbocycles. The second-order valence-electron chi connectivity index (χ2n) is 8.67. The van der Waals surface area contributed by atoms with Gasteiger partial charge in [0.1, 0.15) is 6.54 Å². The summed E-state index contributed by atoms with van der Waals surface area (Å²) in [5, 5.41) is 9.97. The van der Waals surface area contributed by atoms with Gasteiger partial charge in [0.25, 0.3) is 0 Å². The summed E-state index contributed by atoms with van der Waals surface area (Å²) in [6.07, 6.45) is 7.93. The Balaban J connectivity index is 1.34. The Morgan fingerprint density at radius 3 is 2.68 bits per heavy atom. The number of aryl methyl sites for hydroxylation is 1. The molecule has 4 rings (SSSR count). The zero-order valence-corrected chi connectivity index (χ0v) is 18.5. The lowest BCUT2D eigenvalue weighted by Crippen LogP contribution is -2.47. The quantitative estimate of drug-likeness (QED) is 0.468. The number of oxazole rings is 1. The van der Waals surface area contributed by atoms with Crippen LogP contribution in [0.4, 0.5) is 0 Å². The van der Waals surface area contributed by atoms with E-state index in [1.807, 2.05) is 19.1 Å². The van der Waals surface area contributed by atoms with Crippen molar-refractivity contribution >= 4 is 11.9 Å². The number of aromatic nitrogens is 1. The summed E-state index contributed by atoms with van der Waals surface area (Å²) in [7, 11) is 0. The Hall–Kier alpha value is -2.83. The molecule has 3 N–H and O–H groups in total. The largest absolute Gasteiger partial charge is 0.439 e. The summed E-state index contributed by atoms with van der Waals surface area (Å²) >= 11 is 0. The van der Waals surface area contributed by atoms with Crippen molar-refractivity contribution in [1.82, 2.24) is 20.9 Å². The number of nitrogens with zero attached hydrogens (tertiary/aromatic N) is 2. The summed E-state index contributed by atoms with van der Waals surface area (Å²) < 4.78 is 5.89. The van der Waals surface area contributed by atoms with Gasteiger partial charge in [-0.15, -0.1) is 0 Å². The highest BCUT2D eigenvalue weighted by atomic mass is 16.4. The van der Waals surface area contributed by atoms with Crippen LogP contribution in [0.3, 0.4) is 0 Å². The van der Waals surface area contributed by atoms with Gasteiger partial charge in [-0.1, -0.05) is 36.2 Å². The molecule has 0 saturated heterocycles. The summed E-state index contributed by atoms with van der Waals surface area (Å²) in [6, 6.07) is 8.86. The van der Waals surface area contributed by atoms with E-state index in [-0.39, 0.29) is 17.9 Å². The third kappa shape index (κ3) is 6.09. The smallest absolute Gasteiger partial charge is 0.223 e. The van der Waals surface area contributed by atoms with Crippen molar-refractivity contribution in [2.45, 2.75) is 71.0 Å². The van der Waals surface area contributed by atoms with Crippen LogP contribution in [-0.4, -0.2) is 35.5 Å². The van der Waals surface area contributed by atoms with Crippen molar-refractivity contribution in [3.63, 3.8) is 0 Å². The van der Waals surface area contributed by atoms with Crippen molar-refractivity contribution in [2.24, 2.45) is 10.9 Å². The average molecular weight is 424 g/mol. The zero-order valence-electron chi connectivity index (χ0n) is 18.5. The van der Waals surface area contributed by atoms with Crippen LogP contribution in [-0.2, 0) is 11.3 Å². The van der Waals surface area contributed by atoms with Crippen LogP contribution in [0, 0.1) is 12.8 Å². The number of nitrogens with one attached hydrogen (secondary N) is 3. The predicted molar refractivity (Wildman–Crippen MR) is 122 cm³/mol. The molecule has 2 aliphatic rings. The number of carbonyl (C=O) groups is 1. The molecule has 0 radical (unpaired) electrons. The number of hydrogen-bond donors (Lipinski definition) is 3. The highest BCUT2D eigenvalue weighted by molar-refractivity contribution is 5.81. The van der Waals surface area contributed by atoms with E-state index >= 15 is 0 Å². The highest BCUT2D eigenvalue weighted by Gasteiger charge is 2.31. The number of carbonyl (C=O) groups excluding carboxylic acids is 1. The SMILES string of the molecule is CCNC(=NCc1ncc(-c2ccc(C)cc2)o1)NC1CCCC(C(=O)NC2CC2)C1. The summed E-state index contributed by atoms with van der Waals surface area (Å²) in [5.74, 6) is 2.39. The lowest BCUT2D eigenvalue weighted by atomic mass is 9.85. The number of amides is 1. The molecule has 166 valence electrons. The van der Waals surface area contributed by atoms with E-state index in [2.05, 4.69) is 45.0 Å². The van der Waals surface area contributed by atoms with E-state index in [0.717, 1.165) is 62.4 Å². The Kier molecular flexibility index (Phi) is 6.89. The molecule has 1 aromatic carbocycles. The molecular formula is C24H33N5O2. The first-order valence-electron chi connectivity index (χ1n) is 11.5. The second kappa shape index (κ2) is 9.98. The van der Waals surface area contributed by atoms with Gasteiger partial charge in [-0.3, -0.25) is 4.79 Å². The van der Waals surface area contributed by atoms with Gasteiger partial charge in [-0.25, -0.2) is 9.98 Å². The van der Waals surface area contributed by atoms with E-state index < -0.39 is 0 Å². The van der Waals surface area contributed by atoms with Crippen molar-refractivity contribution < 1.29 is 9.21 Å². The van der Waals surface area contributed by atoms with Gasteiger partial charge < -0.3 is 20.4 Å². The number of aliphatic imine (C=N–C) groups is 1. The van der Waals surface area contributed by atoms with E-state index in [9.17, 15) is 4.79 Å². The molecule has 2 aliphatic carbocycles. The van der Waals surface area contributed by atoms with Crippen molar-refractivity contribution in [3.8, 4) is 11.3 Å². The Bertz CT molecular complexity index is 901. The molecule has 2 unspecified atom stereocenters. The Morgan fingerprint density at radius 2 is 1.94 bits per heavy atom. The first-order valence-corrected chi connectivity index (χ1v) is 11.5. The van der Waals surface area contributed by atoms with Gasteiger partial charge in [0.15, 0.2) is 11.7 Å². The summed E-state index contributed by atoms with van der Waals surface area (Å²) in [4.78, 5) is 21.5. The van der Waals surface area contributed by atoms with Crippen molar-refractivity contribution in [2.75, 3.05) is 6.54 Å². The molecule has 7 nitrogen and oxygen atoms in total. The molecule has 7 heteroatoms. The van der Waals surface area contributed by atoms with Gasteiger partial charge in [0.05, 0.1) is 6.20 Å². The molecule has 31 heavy (non-hydrogen) atoms. The third-order valence-corrected chi connectivity index (χ3v) is 5.92. The Labute approximate surface area is 184 Å².